The van der Waals surface area contributed by atoms with Crippen molar-refractivity contribution in [3.63, 3.8) is 0 Å². The second-order valence-electron chi connectivity index (χ2n) is 7.34. The van der Waals surface area contributed by atoms with E-state index in [1.807, 2.05) is 25.1 Å². The van der Waals surface area contributed by atoms with Crippen LogP contribution in [0.2, 0.25) is 5.02 Å². The van der Waals surface area contributed by atoms with Crippen LogP contribution in [0.25, 0.3) is 0 Å². The number of amides is 1. The van der Waals surface area contributed by atoms with E-state index in [2.05, 4.69) is 16.3 Å². The fourth-order valence-electron chi connectivity index (χ4n) is 3.88. The molecule has 1 atom stereocenters. The van der Waals surface area contributed by atoms with Crippen molar-refractivity contribution in [2.75, 3.05) is 25.0 Å². The number of aliphatic hydroxyl groups is 1. The lowest BCUT2D eigenvalue weighted by Gasteiger charge is -2.24. The van der Waals surface area contributed by atoms with E-state index in [4.69, 9.17) is 16.3 Å². The molecule has 2 aromatic carbocycles. The lowest BCUT2D eigenvalue weighted by Crippen LogP contribution is -2.33. The molecule has 1 aliphatic heterocycles. The fraction of sp³-hybridized carbons (Fsp3) is 0.435. The molecule has 156 valence electrons. The van der Waals surface area contributed by atoms with Crippen LogP contribution >= 0.6 is 11.6 Å². The van der Waals surface area contributed by atoms with Crippen LogP contribution in [-0.2, 0) is 17.8 Å². The van der Waals surface area contributed by atoms with Crippen LogP contribution in [0.15, 0.2) is 42.5 Å². The standard InChI is InChI=1S/C23H29ClN2O3/c1-2-29-22-10-9-19(14-18(22)16-27)25-23(28)11-13-26-12-5-7-20(26)15-17-6-3-4-8-21(17)24/h3-4,6,8-10,14,20,27H,2,5,7,11-13,15-16H2,1H3,(H,25,28)/t20-/m0/s1. The van der Waals surface area contributed by atoms with E-state index in [9.17, 15) is 9.90 Å². The van der Waals surface area contributed by atoms with Crippen molar-refractivity contribution in [3.8, 4) is 5.75 Å². The summed E-state index contributed by atoms with van der Waals surface area (Å²) in [6.07, 6.45) is 3.63. The van der Waals surface area contributed by atoms with Crippen molar-refractivity contribution in [3.05, 3.63) is 58.6 Å². The molecule has 1 fully saturated rings. The summed E-state index contributed by atoms with van der Waals surface area (Å²) in [5.41, 5.74) is 2.52. The number of carbonyl (C=O) groups is 1. The van der Waals surface area contributed by atoms with Gasteiger partial charge in [-0.25, -0.2) is 0 Å². The van der Waals surface area contributed by atoms with Crippen LogP contribution in [0.3, 0.4) is 0 Å². The number of halogens is 1. The van der Waals surface area contributed by atoms with Crippen molar-refractivity contribution < 1.29 is 14.6 Å². The van der Waals surface area contributed by atoms with Gasteiger partial charge in [-0.15, -0.1) is 0 Å². The normalized spacial score (nSPS) is 16.7. The SMILES string of the molecule is CCOc1ccc(NC(=O)CCN2CCC[C@H]2Cc2ccccc2Cl)cc1CO. The number of ether oxygens (including phenoxy) is 1. The predicted octanol–water partition coefficient (Wildman–Crippen LogP) is 4.27. The average Bonchev–Trinajstić information content (AvgIpc) is 3.16. The number of nitrogens with zero attached hydrogens (tertiary/aromatic N) is 1. The summed E-state index contributed by atoms with van der Waals surface area (Å²) in [6.45, 7) is 4.04. The number of anilines is 1. The van der Waals surface area contributed by atoms with Crippen LogP contribution in [0, 0.1) is 0 Å². The molecule has 0 unspecified atom stereocenters. The largest absolute Gasteiger partial charge is 0.494 e. The van der Waals surface area contributed by atoms with Gasteiger partial charge in [0.15, 0.2) is 0 Å². The Kier molecular flexibility index (Phi) is 7.92. The molecule has 3 rings (SSSR count). The number of nitrogens with one attached hydrogen (secondary N) is 1. The van der Waals surface area contributed by atoms with Crippen LogP contribution in [0.4, 0.5) is 5.69 Å². The van der Waals surface area contributed by atoms with E-state index in [1.165, 1.54) is 5.56 Å². The Balaban J connectivity index is 1.52. The summed E-state index contributed by atoms with van der Waals surface area (Å²) in [6, 6.07) is 13.8. The Hall–Kier alpha value is -2.08. The molecular formula is C23H29ClN2O3. The van der Waals surface area contributed by atoms with Gasteiger partial charge in [-0.1, -0.05) is 29.8 Å². The third kappa shape index (κ3) is 5.95. The third-order valence-corrected chi connectivity index (χ3v) is 5.72. The van der Waals surface area contributed by atoms with Crippen LogP contribution in [0.1, 0.15) is 37.3 Å². The van der Waals surface area contributed by atoms with Crippen molar-refractivity contribution in [2.24, 2.45) is 0 Å². The van der Waals surface area contributed by atoms with Gasteiger partial charge in [0, 0.05) is 35.3 Å². The second-order valence-corrected chi connectivity index (χ2v) is 7.75. The first-order valence-electron chi connectivity index (χ1n) is 10.2. The molecule has 1 heterocycles. The Morgan fingerprint density at radius 1 is 1.28 bits per heavy atom. The molecule has 0 aliphatic carbocycles. The topological polar surface area (TPSA) is 61.8 Å². The summed E-state index contributed by atoms with van der Waals surface area (Å²) in [5, 5.41) is 13.3. The van der Waals surface area contributed by atoms with Crippen molar-refractivity contribution in [2.45, 2.75) is 45.3 Å². The highest BCUT2D eigenvalue weighted by Crippen LogP contribution is 2.26. The van der Waals surface area contributed by atoms with Gasteiger partial charge in [-0.2, -0.15) is 0 Å². The molecule has 1 saturated heterocycles. The van der Waals surface area contributed by atoms with Gasteiger partial charge in [0.2, 0.25) is 5.91 Å². The Morgan fingerprint density at radius 2 is 2.10 bits per heavy atom. The number of aliphatic hydroxyl groups excluding tert-OH is 1. The van der Waals surface area contributed by atoms with Crippen LogP contribution in [-0.4, -0.2) is 41.7 Å². The fourth-order valence-corrected chi connectivity index (χ4v) is 4.10. The number of hydrogen-bond donors (Lipinski definition) is 2. The summed E-state index contributed by atoms with van der Waals surface area (Å²) in [4.78, 5) is 14.8. The minimum atomic E-state index is -0.128. The van der Waals surface area contributed by atoms with Gasteiger partial charge < -0.3 is 15.2 Å². The zero-order valence-corrected chi connectivity index (χ0v) is 17.6. The highest BCUT2D eigenvalue weighted by atomic mass is 35.5. The zero-order valence-electron chi connectivity index (χ0n) is 16.9. The maximum Gasteiger partial charge on any atom is 0.225 e. The molecular weight excluding hydrogens is 388 g/mol. The third-order valence-electron chi connectivity index (χ3n) is 5.35. The van der Waals surface area contributed by atoms with E-state index in [1.54, 1.807) is 18.2 Å². The first-order chi connectivity index (χ1) is 14.1. The summed E-state index contributed by atoms with van der Waals surface area (Å²) < 4.78 is 5.48. The first kappa shape index (κ1) is 21.6. The highest BCUT2D eigenvalue weighted by molar-refractivity contribution is 6.31. The lowest BCUT2D eigenvalue weighted by molar-refractivity contribution is -0.116. The average molecular weight is 417 g/mol. The van der Waals surface area contributed by atoms with Crippen molar-refractivity contribution in [1.82, 2.24) is 4.90 Å². The summed E-state index contributed by atoms with van der Waals surface area (Å²) >= 11 is 6.31. The monoisotopic (exact) mass is 416 g/mol. The Bertz CT molecular complexity index is 828. The Labute approximate surface area is 177 Å². The minimum Gasteiger partial charge on any atom is -0.494 e. The number of carbonyl (C=O) groups excluding carboxylic acids is 1. The zero-order chi connectivity index (χ0) is 20.6. The van der Waals surface area contributed by atoms with E-state index >= 15 is 0 Å². The number of benzene rings is 2. The molecule has 2 aromatic rings. The Morgan fingerprint density at radius 3 is 2.86 bits per heavy atom. The van der Waals surface area contributed by atoms with Gasteiger partial charge in [0.05, 0.1) is 13.2 Å². The molecule has 0 saturated carbocycles. The number of likely N-dealkylation sites (tertiary alicyclic amines) is 1. The minimum absolute atomic E-state index is 0.0264. The molecule has 0 spiro atoms. The molecule has 0 radical (unpaired) electrons. The van der Waals surface area contributed by atoms with Crippen LogP contribution in [0.5, 0.6) is 5.75 Å². The molecule has 5 nitrogen and oxygen atoms in total. The smallest absolute Gasteiger partial charge is 0.225 e. The second kappa shape index (κ2) is 10.6. The lowest BCUT2D eigenvalue weighted by atomic mass is 10.0. The molecule has 6 heteroatoms. The van der Waals surface area contributed by atoms with Crippen molar-refractivity contribution >= 4 is 23.2 Å². The molecule has 29 heavy (non-hydrogen) atoms. The summed E-state index contributed by atoms with van der Waals surface area (Å²) in [5.74, 6) is 0.619. The van der Waals surface area contributed by atoms with Gasteiger partial charge in [0.25, 0.3) is 0 Å². The van der Waals surface area contributed by atoms with E-state index in [-0.39, 0.29) is 12.5 Å². The van der Waals surface area contributed by atoms with Gasteiger partial charge >= 0.3 is 0 Å². The molecule has 0 aromatic heterocycles. The van der Waals surface area contributed by atoms with Crippen molar-refractivity contribution in [1.29, 1.82) is 0 Å². The van der Waals surface area contributed by atoms with Gasteiger partial charge in [-0.05, 0) is 62.6 Å². The number of rotatable bonds is 9. The quantitative estimate of drug-likeness (QED) is 0.641. The molecule has 1 aliphatic rings. The van der Waals surface area contributed by atoms with Gasteiger partial charge in [-0.3, -0.25) is 9.69 Å². The maximum absolute atomic E-state index is 12.4. The molecule has 2 N–H and O–H groups in total. The van der Waals surface area contributed by atoms with E-state index in [0.29, 0.717) is 36.1 Å². The van der Waals surface area contributed by atoms with E-state index < -0.39 is 0 Å². The van der Waals surface area contributed by atoms with E-state index in [0.717, 1.165) is 37.4 Å². The van der Waals surface area contributed by atoms with Gasteiger partial charge in [0.1, 0.15) is 5.75 Å². The summed E-state index contributed by atoms with van der Waals surface area (Å²) in [7, 11) is 0. The first-order valence-corrected chi connectivity index (χ1v) is 10.6. The number of hydrogen-bond acceptors (Lipinski definition) is 4. The highest BCUT2D eigenvalue weighted by Gasteiger charge is 2.25. The molecule has 0 bridgehead atoms. The van der Waals surface area contributed by atoms with Crippen LogP contribution < -0.4 is 10.1 Å². The maximum atomic E-state index is 12.4. The molecule has 1 amide bonds. The predicted molar refractivity (Wildman–Crippen MR) is 117 cm³/mol.